The predicted octanol–water partition coefficient (Wildman–Crippen LogP) is 2.95. The number of amides is 2. The van der Waals surface area contributed by atoms with Crippen molar-refractivity contribution < 1.29 is 28.6 Å². The Morgan fingerprint density at radius 2 is 1.78 bits per heavy atom. The van der Waals surface area contributed by atoms with Gasteiger partial charge in [-0.3, -0.25) is 9.59 Å². The van der Waals surface area contributed by atoms with Gasteiger partial charge in [-0.25, -0.2) is 9.69 Å². The molecular formula is C26H31N3O6S. The summed E-state index contributed by atoms with van der Waals surface area (Å²) < 4.78 is 15.7. The minimum absolute atomic E-state index is 0.00404. The molecule has 10 heteroatoms. The highest BCUT2D eigenvalue weighted by molar-refractivity contribution is 7.80. The maximum atomic E-state index is 13.4. The Hall–Kier alpha value is -3.66. The van der Waals surface area contributed by atoms with Crippen molar-refractivity contribution in [3.05, 3.63) is 53.6 Å². The molecule has 2 amide bonds. The van der Waals surface area contributed by atoms with Crippen LogP contribution in [0.1, 0.15) is 36.2 Å². The fourth-order valence-corrected chi connectivity index (χ4v) is 4.39. The van der Waals surface area contributed by atoms with Gasteiger partial charge in [-0.05, 0) is 74.4 Å². The van der Waals surface area contributed by atoms with Crippen LogP contribution < -0.4 is 19.7 Å². The third kappa shape index (κ3) is 5.93. The molecule has 1 aliphatic heterocycles. The van der Waals surface area contributed by atoms with Crippen molar-refractivity contribution in [2.75, 3.05) is 38.8 Å². The van der Waals surface area contributed by atoms with Gasteiger partial charge in [0.1, 0.15) is 6.04 Å². The molecule has 0 saturated carbocycles. The van der Waals surface area contributed by atoms with E-state index in [1.54, 1.807) is 50.3 Å². The van der Waals surface area contributed by atoms with E-state index in [4.69, 9.17) is 26.4 Å². The van der Waals surface area contributed by atoms with Crippen molar-refractivity contribution in [1.82, 2.24) is 10.2 Å². The quantitative estimate of drug-likeness (QED) is 0.292. The lowest BCUT2D eigenvalue weighted by molar-refractivity contribution is -0.122. The molecule has 1 heterocycles. The molecule has 1 atom stereocenters. The number of carbonyl (C=O) groups is 3. The molecule has 0 spiro atoms. The second kappa shape index (κ2) is 12.3. The Kier molecular flexibility index (Phi) is 9.24. The van der Waals surface area contributed by atoms with Gasteiger partial charge in [0.05, 0.1) is 38.5 Å². The van der Waals surface area contributed by atoms with Crippen LogP contribution in [0.3, 0.4) is 0 Å². The number of ether oxygens (including phenoxy) is 3. The van der Waals surface area contributed by atoms with Gasteiger partial charge < -0.3 is 24.4 Å². The Labute approximate surface area is 216 Å². The Bertz CT molecular complexity index is 1120. The highest BCUT2D eigenvalue weighted by Gasteiger charge is 2.43. The van der Waals surface area contributed by atoms with Crippen LogP contribution in [-0.2, 0) is 20.7 Å². The molecule has 2 aromatic carbocycles. The molecule has 3 rings (SSSR count). The minimum Gasteiger partial charge on any atom is -0.493 e. The van der Waals surface area contributed by atoms with E-state index in [9.17, 15) is 14.4 Å². The van der Waals surface area contributed by atoms with E-state index >= 15 is 0 Å². The number of nitrogens with one attached hydrogen (secondary N) is 1. The van der Waals surface area contributed by atoms with Crippen LogP contribution in [0, 0.1) is 0 Å². The maximum absolute atomic E-state index is 13.4. The number of nitrogens with zero attached hydrogens (tertiary/aromatic N) is 2. The van der Waals surface area contributed by atoms with Crippen LogP contribution in [-0.4, -0.2) is 67.8 Å². The van der Waals surface area contributed by atoms with Gasteiger partial charge >= 0.3 is 5.97 Å². The van der Waals surface area contributed by atoms with Gasteiger partial charge in [0.15, 0.2) is 16.6 Å². The molecule has 1 saturated heterocycles. The number of carbonyl (C=O) groups excluding carboxylic acids is 3. The van der Waals surface area contributed by atoms with Gasteiger partial charge in [0, 0.05) is 13.1 Å². The fraction of sp³-hybridized carbons (Fsp3) is 0.385. The third-order valence-corrected chi connectivity index (χ3v) is 6.19. The van der Waals surface area contributed by atoms with E-state index in [0.717, 1.165) is 10.5 Å². The average molecular weight is 514 g/mol. The highest BCUT2D eigenvalue weighted by Crippen LogP contribution is 2.29. The Balaban J connectivity index is 1.80. The Morgan fingerprint density at radius 3 is 2.39 bits per heavy atom. The normalized spacial score (nSPS) is 15.0. The lowest BCUT2D eigenvalue weighted by Gasteiger charge is -2.30. The Morgan fingerprint density at radius 1 is 1.08 bits per heavy atom. The van der Waals surface area contributed by atoms with Crippen molar-refractivity contribution in [2.45, 2.75) is 32.7 Å². The summed E-state index contributed by atoms with van der Waals surface area (Å²) in [6, 6.07) is 11.1. The molecule has 0 radical (unpaired) electrons. The first kappa shape index (κ1) is 26.9. The first-order valence-electron chi connectivity index (χ1n) is 11.7. The van der Waals surface area contributed by atoms with Crippen molar-refractivity contribution in [1.29, 1.82) is 0 Å². The van der Waals surface area contributed by atoms with Gasteiger partial charge in [-0.15, -0.1) is 0 Å². The summed E-state index contributed by atoms with van der Waals surface area (Å²) in [7, 11) is 3.15. The van der Waals surface area contributed by atoms with Gasteiger partial charge in [-0.1, -0.05) is 6.07 Å². The molecule has 0 aliphatic carbocycles. The predicted molar refractivity (Wildman–Crippen MR) is 140 cm³/mol. The number of hydrogen-bond donors (Lipinski definition) is 1. The lowest BCUT2D eigenvalue weighted by Crippen LogP contribution is -2.50. The van der Waals surface area contributed by atoms with Crippen molar-refractivity contribution in [3.8, 4) is 11.5 Å². The SMILES string of the molecule is CCNC(=S)N(CCc1ccc(OC)c(OC)c1)C1CC(=O)N(c2ccc(C(=O)OCC)cc2)C1=O. The number of imide groups is 1. The van der Waals surface area contributed by atoms with E-state index in [1.165, 1.54) is 0 Å². The zero-order valence-electron chi connectivity index (χ0n) is 20.9. The number of rotatable bonds is 10. The maximum Gasteiger partial charge on any atom is 0.338 e. The molecule has 1 fully saturated rings. The van der Waals surface area contributed by atoms with E-state index in [0.29, 0.717) is 47.4 Å². The van der Waals surface area contributed by atoms with Gasteiger partial charge in [0.25, 0.3) is 5.91 Å². The smallest absolute Gasteiger partial charge is 0.338 e. The first-order chi connectivity index (χ1) is 17.3. The minimum atomic E-state index is -0.742. The topological polar surface area (TPSA) is 97.4 Å². The lowest BCUT2D eigenvalue weighted by atomic mass is 10.1. The van der Waals surface area contributed by atoms with Gasteiger partial charge in [0.2, 0.25) is 5.91 Å². The van der Waals surface area contributed by atoms with Crippen molar-refractivity contribution in [3.63, 3.8) is 0 Å². The number of methoxy groups -OCH3 is 2. The summed E-state index contributed by atoms with van der Waals surface area (Å²) in [5.41, 5.74) is 1.72. The van der Waals surface area contributed by atoms with Crippen molar-refractivity contribution in [2.24, 2.45) is 0 Å². The summed E-state index contributed by atoms with van der Waals surface area (Å²) in [5, 5.41) is 3.51. The molecule has 1 unspecified atom stereocenters. The highest BCUT2D eigenvalue weighted by atomic mass is 32.1. The average Bonchev–Trinajstić information content (AvgIpc) is 3.17. The van der Waals surface area contributed by atoms with Crippen LogP contribution in [0.4, 0.5) is 5.69 Å². The molecular weight excluding hydrogens is 482 g/mol. The number of esters is 1. The number of anilines is 1. The van der Waals surface area contributed by atoms with E-state index < -0.39 is 12.0 Å². The molecule has 36 heavy (non-hydrogen) atoms. The van der Waals surface area contributed by atoms with Gasteiger partial charge in [-0.2, -0.15) is 0 Å². The van der Waals surface area contributed by atoms with Crippen LogP contribution in [0.2, 0.25) is 0 Å². The van der Waals surface area contributed by atoms with E-state index in [-0.39, 0.29) is 24.8 Å². The van der Waals surface area contributed by atoms with Crippen LogP contribution >= 0.6 is 12.2 Å². The summed E-state index contributed by atoms with van der Waals surface area (Å²) in [4.78, 5) is 41.2. The number of benzene rings is 2. The van der Waals surface area contributed by atoms with Crippen LogP contribution in [0.15, 0.2) is 42.5 Å². The second-order valence-electron chi connectivity index (χ2n) is 8.02. The number of thiocarbonyl (C=S) groups is 1. The molecule has 192 valence electrons. The third-order valence-electron chi connectivity index (χ3n) is 5.81. The molecule has 0 bridgehead atoms. The molecule has 2 aromatic rings. The monoisotopic (exact) mass is 513 g/mol. The van der Waals surface area contributed by atoms with E-state index in [1.807, 2.05) is 25.1 Å². The van der Waals surface area contributed by atoms with Crippen molar-refractivity contribution >= 4 is 40.8 Å². The standard InChI is InChI=1S/C26H31N3O6S/c1-5-27-26(36)28(14-13-17-7-12-21(33-3)22(15-17)34-4)20-16-23(30)29(24(20)31)19-10-8-18(9-11-19)25(32)35-6-2/h7-12,15,20H,5-6,13-14,16H2,1-4H3,(H,27,36). The van der Waals surface area contributed by atoms with Crippen LogP contribution in [0.25, 0.3) is 0 Å². The van der Waals surface area contributed by atoms with E-state index in [2.05, 4.69) is 5.32 Å². The second-order valence-corrected chi connectivity index (χ2v) is 8.41. The summed E-state index contributed by atoms with van der Waals surface area (Å²) in [6.07, 6.45) is 0.564. The van der Waals surface area contributed by atoms with Crippen LogP contribution in [0.5, 0.6) is 11.5 Å². The fourth-order valence-electron chi connectivity index (χ4n) is 4.03. The molecule has 9 nitrogen and oxygen atoms in total. The molecule has 1 aliphatic rings. The summed E-state index contributed by atoms with van der Waals surface area (Å²) >= 11 is 5.57. The summed E-state index contributed by atoms with van der Waals surface area (Å²) in [5.74, 6) is 0.0851. The summed E-state index contributed by atoms with van der Waals surface area (Å²) in [6.45, 7) is 4.90. The zero-order chi connectivity index (χ0) is 26.2. The first-order valence-corrected chi connectivity index (χ1v) is 12.1. The largest absolute Gasteiger partial charge is 0.493 e. The molecule has 1 N–H and O–H groups in total. The molecule has 0 aromatic heterocycles. The zero-order valence-corrected chi connectivity index (χ0v) is 21.7. The number of hydrogen-bond acceptors (Lipinski definition) is 7.